The summed E-state index contributed by atoms with van der Waals surface area (Å²) in [7, 11) is 0. The molecule has 1 amide bonds. The van der Waals surface area contributed by atoms with Gasteiger partial charge < -0.3 is 5.32 Å². The first-order valence-corrected chi connectivity index (χ1v) is 12.5. The van der Waals surface area contributed by atoms with Gasteiger partial charge in [0.05, 0.1) is 23.9 Å². The fourth-order valence-corrected chi connectivity index (χ4v) is 4.61. The molecule has 7 nitrogen and oxygen atoms in total. The van der Waals surface area contributed by atoms with E-state index in [1.807, 2.05) is 36.4 Å². The van der Waals surface area contributed by atoms with E-state index in [2.05, 4.69) is 63.2 Å². The van der Waals surface area contributed by atoms with Crippen LogP contribution in [0.5, 0.6) is 0 Å². The third-order valence-corrected chi connectivity index (χ3v) is 6.52. The van der Waals surface area contributed by atoms with Crippen molar-refractivity contribution in [2.45, 2.75) is 38.3 Å². The average Bonchev–Trinajstić information content (AvgIpc) is 3.32. The highest BCUT2D eigenvalue weighted by Gasteiger charge is 2.21. The first kappa shape index (κ1) is 24.2. The lowest BCUT2D eigenvalue weighted by Gasteiger charge is -2.18. The molecule has 2 aromatic carbocycles. The molecule has 35 heavy (non-hydrogen) atoms. The highest BCUT2D eigenvalue weighted by molar-refractivity contribution is 7.99. The predicted molar refractivity (Wildman–Crippen MR) is 138 cm³/mol. The van der Waals surface area contributed by atoms with E-state index in [1.54, 1.807) is 12.4 Å². The zero-order valence-corrected chi connectivity index (χ0v) is 20.5. The summed E-state index contributed by atoms with van der Waals surface area (Å²) < 4.78 is 2.06. The Labute approximate surface area is 209 Å². The van der Waals surface area contributed by atoms with Gasteiger partial charge >= 0.3 is 0 Å². The molecule has 0 radical (unpaired) electrons. The highest BCUT2D eigenvalue weighted by atomic mass is 32.2. The number of nitrogens with zero attached hydrogens (tertiary/aromatic N) is 5. The molecule has 0 spiro atoms. The lowest BCUT2D eigenvalue weighted by atomic mass is 10.0. The summed E-state index contributed by atoms with van der Waals surface area (Å²) >= 11 is 1.35. The second-order valence-corrected chi connectivity index (χ2v) is 8.83. The van der Waals surface area contributed by atoms with Crippen LogP contribution in [0, 0.1) is 11.3 Å². The van der Waals surface area contributed by atoms with Crippen LogP contribution in [0.1, 0.15) is 30.5 Å². The lowest BCUT2D eigenvalue weighted by molar-refractivity contribution is -0.113. The van der Waals surface area contributed by atoms with Gasteiger partial charge in [0.25, 0.3) is 0 Å². The Morgan fingerprint density at radius 3 is 2.40 bits per heavy atom. The van der Waals surface area contributed by atoms with Crippen LogP contribution in [0.15, 0.2) is 72.1 Å². The van der Waals surface area contributed by atoms with Crippen LogP contribution in [0.2, 0.25) is 0 Å². The normalized spacial score (nSPS) is 10.7. The molecule has 4 rings (SSSR count). The molecule has 0 saturated heterocycles. The molecular formula is C27H26N6OS. The quantitative estimate of drug-likeness (QED) is 0.327. The summed E-state index contributed by atoms with van der Waals surface area (Å²) in [6, 6.07) is 19.6. The van der Waals surface area contributed by atoms with Crippen LogP contribution in [-0.4, -0.2) is 31.4 Å². The average molecular weight is 483 g/mol. The smallest absolute Gasteiger partial charge is 0.234 e. The van der Waals surface area contributed by atoms with Crippen LogP contribution in [0.25, 0.3) is 17.1 Å². The number of benzene rings is 2. The number of aromatic nitrogens is 4. The Kier molecular flexibility index (Phi) is 7.91. The molecule has 0 aliphatic carbocycles. The maximum Gasteiger partial charge on any atom is 0.234 e. The Morgan fingerprint density at radius 2 is 1.77 bits per heavy atom. The molecule has 0 aliphatic heterocycles. The first-order valence-electron chi connectivity index (χ1n) is 11.5. The third-order valence-electron chi connectivity index (χ3n) is 5.59. The molecule has 0 unspecified atom stereocenters. The van der Waals surface area contributed by atoms with Crippen molar-refractivity contribution >= 4 is 23.4 Å². The molecule has 176 valence electrons. The second-order valence-electron chi connectivity index (χ2n) is 7.88. The zero-order valence-electron chi connectivity index (χ0n) is 19.7. The van der Waals surface area contributed by atoms with Gasteiger partial charge in [0.2, 0.25) is 5.91 Å². The fraction of sp³-hybridized carbons (Fsp3) is 0.222. The van der Waals surface area contributed by atoms with E-state index in [0.717, 1.165) is 29.7 Å². The summed E-state index contributed by atoms with van der Waals surface area (Å²) in [6.45, 7) is 4.27. The molecule has 4 aromatic rings. The van der Waals surface area contributed by atoms with Gasteiger partial charge in [-0.2, -0.15) is 5.26 Å². The summed E-state index contributed by atoms with van der Waals surface area (Å²) in [5.74, 6) is 0.741. The van der Waals surface area contributed by atoms with Gasteiger partial charge in [0, 0.05) is 23.6 Å². The van der Waals surface area contributed by atoms with Crippen LogP contribution >= 0.6 is 11.8 Å². The van der Waals surface area contributed by atoms with E-state index in [9.17, 15) is 4.79 Å². The number of hydrogen-bond donors (Lipinski definition) is 1. The Balaban J connectivity index is 1.63. The number of rotatable bonds is 9. The Morgan fingerprint density at radius 1 is 1.03 bits per heavy atom. The van der Waals surface area contributed by atoms with Crippen molar-refractivity contribution < 1.29 is 4.79 Å². The van der Waals surface area contributed by atoms with Gasteiger partial charge in [0.15, 0.2) is 11.0 Å². The molecule has 0 bridgehead atoms. The van der Waals surface area contributed by atoms with Crippen molar-refractivity contribution in [3.8, 4) is 23.1 Å². The number of hydrogen-bond acceptors (Lipinski definition) is 6. The van der Waals surface area contributed by atoms with E-state index in [-0.39, 0.29) is 11.7 Å². The largest absolute Gasteiger partial charge is 0.325 e. The van der Waals surface area contributed by atoms with Gasteiger partial charge in [-0.3, -0.25) is 14.3 Å². The number of aryl methyl sites for hydroxylation is 2. The van der Waals surface area contributed by atoms with E-state index >= 15 is 0 Å². The van der Waals surface area contributed by atoms with Gasteiger partial charge in [-0.05, 0) is 53.8 Å². The number of pyridine rings is 1. The van der Waals surface area contributed by atoms with Gasteiger partial charge in [0.1, 0.15) is 0 Å². The number of anilines is 1. The Hall–Kier alpha value is -3.96. The molecule has 0 atom stereocenters. The maximum absolute atomic E-state index is 12.7. The summed E-state index contributed by atoms with van der Waals surface area (Å²) in [6.07, 6.45) is 5.57. The molecular weight excluding hydrogens is 456 g/mol. The number of carbonyl (C=O) groups is 1. The van der Waals surface area contributed by atoms with Gasteiger partial charge in [-0.1, -0.05) is 55.9 Å². The van der Waals surface area contributed by atoms with Crippen LogP contribution in [0.3, 0.4) is 0 Å². The van der Waals surface area contributed by atoms with Crippen molar-refractivity contribution in [2.24, 2.45) is 0 Å². The number of carbonyl (C=O) groups excluding carboxylic acids is 1. The summed E-state index contributed by atoms with van der Waals surface area (Å²) in [5, 5.41) is 21.3. The van der Waals surface area contributed by atoms with Crippen LogP contribution in [0.4, 0.5) is 5.69 Å². The molecule has 8 heteroatoms. The molecule has 2 heterocycles. The number of para-hydroxylation sites is 1. The second kappa shape index (κ2) is 11.4. The van der Waals surface area contributed by atoms with Gasteiger partial charge in [-0.15, -0.1) is 10.2 Å². The summed E-state index contributed by atoms with van der Waals surface area (Å²) in [4.78, 5) is 17.0. The molecule has 0 saturated carbocycles. The van der Waals surface area contributed by atoms with Crippen molar-refractivity contribution in [1.82, 2.24) is 19.7 Å². The van der Waals surface area contributed by atoms with Crippen molar-refractivity contribution in [3.63, 3.8) is 0 Å². The predicted octanol–water partition coefficient (Wildman–Crippen LogP) is 5.25. The standard InChI is InChI=1S/C27H26N6OS/c1-3-20-7-5-8-21(4-2)25(20)33-26(22-9-6-16-29-17-22)31-32-27(33)35-18-24(34)30-23-12-10-19(11-13-23)14-15-28/h5-13,16-17H,3-4,14,18H2,1-2H3,(H,30,34). The zero-order chi connectivity index (χ0) is 24.6. The maximum atomic E-state index is 12.7. The number of nitriles is 1. The van der Waals surface area contributed by atoms with Crippen molar-refractivity contribution in [3.05, 3.63) is 83.7 Å². The number of nitrogens with one attached hydrogen (secondary N) is 1. The van der Waals surface area contributed by atoms with Crippen molar-refractivity contribution in [1.29, 1.82) is 5.26 Å². The number of amides is 1. The first-order chi connectivity index (χ1) is 17.1. The monoisotopic (exact) mass is 482 g/mol. The van der Waals surface area contributed by atoms with Crippen molar-refractivity contribution in [2.75, 3.05) is 11.1 Å². The Bertz CT molecular complexity index is 1320. The minimum atomic E-state index is -0.139. The van der Waals surface area contributed by atoms with E-state index < -0.39 is 0 Å². The molecule has 0 fully saturated rings. The molecule has 1 N–H and O–H groups in total. The SMILES string of the molecule is CCc1cccc(CC)c1-n1c(SCC(=O)Nc2ccc(CC#N)cc2)nnc1-c1cccnc1. The molecule has 2 aromatic heterocycles. The minimum absolute atomic E-state index is 0.139. The van der Waals surface area contributed by atoms with E-state index in [1.165, 1.54) is 22.9 Å². The summed E-state index contributed by atoms with van der Waals surface area (Å²) in [5.41, 5.74) is 5.92. The van der Waals surface area contributed by atoms with Crippen LogP contribution in [-0.2, 0) is 24.1 Å². The topological polar surface area (TPSA) is 96.5 Å². The lowest BCUT2D eigenvalue weighted by Crippen LogP contribution is -2.15. The minimum Gasteiger partial charge on any atom is -0.325 e. The van der Waals surface area contributed by atoms with Crippen LogP contribution < -0.4 is 5.32 Å². The number of thioether (sulfide) groups is 1. The van der Waals surface area contributed by atoms with E-state index in [4.69, 9.17) is 5.26 Å². The van der Waals surface area contributed by atoms with Gasteiger partial charge in [-0.25, -0.2) is 0 Å². The van der Waals surface area contributed by atoms with E-state index in [0.29, 0.717) is 23.1 Å². The molecule has 0 aliphatic rings. The fourth-order valence-electron chi connectivity index (χ4n) is 3.87. The third kappa shape index (κ3) is 5.58. The highest BCUT2D eigenvalue weighted by Crippen LogP contribution is 2.32.